The molecule has 2 rings (SSSR count). The molecular formula is C11H12FN3O2S. The van der Waals surface area contributed by atoms with E-state index in [0.717, 1.165) is 11.8 Å². The number of nitrogens with one attached hydrogen (secondary N) is 2. The Kier molecular flexibility index (Phi) is 3.08. The first-order valence-electron chi connectivity index (χ1n) is 5.19. The average molecular weight is 269 g/mol. The van der Waals surface area contributed by atoms with E-state index in [4.69, 9.17) is 0 Å². The highest BCUT2D eigenvalue weighted by Gasteiger charge is 2.16. The molecule has 1 aromatic heterocycles. The predicted octanol–water partition coefficient (Wildman–Crippen LogP) is 1.97. The SMILES string of the molecule is Cc1cc(NS(=O)(=O)c2ccc(C)c(F)c2)n[nH]1. The summed E-state index contributed by atoms with van der Waals surface area (Å²) in [5, 5.41) is 6.37. The van der Waals surface area contributed by atoms with Crippen LogP contribution in [0.5, 0.6) is 0 Å². The number of nitrogens with zero attached hydrogens (tertiary/aromatic N) is 1. The molecule has 0 unspecified atom stereocenters. The van der Waals surface area contributed by atoms with Crippen molar-refractivity contribution in [3.05, 3.63) is 41.3 Å². The van der Waals surface area contributed by atoms with Crippen molar-refractivity contribution in [3.8, 4) is 0 Å². The smallest absolute Gasteiger partial charge is 0.263 e. The standard InChI is InChI=1S/C11H12FN3O2S/c1-7-3-4-9(6-10(7)12)18(16,17)15-11-5-8(2)13-14-11/h3-6H,1-2H3,(H2,13,14,15). The highest BCUT2D eigenvalue weighted by atomic mass is 32.2. The first-order chi connectivity index (χ1) is 8.38. The fourth-order valence-corrected chi connectivity index (χ4v) is 2.41. The van der Waals surface area contributed by atoms with E-state index in [2.05, 4.69) is 14.9 Å². The van der Waals surface area contributed by atoms with Gasteiger partial charge in [0.25, 0.3) is 10.0 Å². The van der Waals surface area contributed by atoms with Gasteiger partial charge in [0.2, 0.25) is 0 Å². The van der Waals surface area contributed by atoms with Crippen LogP contribution in [0.3, 0.4) is 0 Å². The third-order valence-corrected chi connectivity index (χ3v) is 3.75. The van der Waals surface area contributed by atoms with Gasteiger partial charge in [-0.15, -0.1) is 0 Å². The van der Waals surface area contributed by atoms with Crippen molar-refractivity contribution in [1.29, 1.82) is 0 Å². The summed E-state index contributed by atoms with van der Waals surface area (Å²) in [7, 11) is -3.81. The zero-order valence-corrected chi connectivity index (χ0v) is 10.7. The van der Waals surface area contributed by atoms with Gasteiger partial charge in [0.15, 0.2) is 5.82 Å². The molecule has 96 valence electrons. The van der Waals surface area contributed by atoms with Crippen LogP contribution in [0.2, 0.25) is 0 Å². The van der Waals surface area contributed by atoms with Crippen LogP contribution in [0.25, 0.3) is 0 Å². The Hall–Kier alpha value is -1.89. The average Bonchev–Trinajstić information content (AvgIpc) is 2.67. The molecule has 0 saturated carbocycles. The quantitative estimate of drug-likeness (QED) is 0.894. The fraction of sp³-hybridized carbons (Fsp3) is 0.182. The number of hydrogen-bond acceptors (Lipinski definition) is 3. The summed E-state index contributed by atoms with van der Waals surface area (Å²) in [6, 6.07) is 5.29. The van der Waals surface area contributed by atoms with E-state index < -0.39 is 15.8 Å². The summed E-state index contributed by atoms with van der Waals surface area (Å²) in [4.78, 5) is -0.133. The number of halogens is 1. The molecule has 0 bridgehead atoms. The summed E-state index contributed by atoms with van der Waals surface area (Å²) in [6.07, 6.45) is 0. The van der Waals surface area contributed by atoms with E-state index in [0.29, 0.717) is 5.56 Å². The normalized spacial score (nSPS) is 11.5. The molecule has 0 amide bonds. The molecule has 18 heavy (non-hydrogen) atoms. The van der Waals surface area contributed by atoms with Crippen LogP contribution < -0.4 is 4.72 Å². The number of aryl methyl sites for hydroxylation is 2. The third kappa shape index (κ3) is 2.51. The number of anilines is 1. The van der Waals surface area contributed by atoms with Gasteiger partial charge in [-0.05, 0) is 31.5 Å². The number of benzene rings is 1. The first kappa shape index (κ1) is 12.6. The van der Waals surface area contributed by atoms with Gasteiger partial charge >= 0.3 is 0 Å². The molecule has 0 saturated heterocycles. The van der Waals surface area contributed by atoms with Crippen LogP contribution in [-0.2, 0) is 10.0 Å². The van der Waals surface area contributed by atoms with Gasteiger partial charge in [0.1, 0.15) is 5.82 Å². The monoisotopic (exact) mass is 269 g/mol. The van der Waals surface area contributed by atoms with Gasteiger partial charge in [-0.25, -0.2) is 12.8 Å². The minimum atomic E-state index is -3.81. The molecule has 0 fully saturated rings. The molecule has 1 heterocycles. The van der Waals surface area contributed by atoms with Gasteiger partial charge < -0.3 is 0 Å². The van der Waals surface area contributed by atoms with Gasteiger partial charge in [-0.3, -0.25) is 9.82 Å². The third-order valence-electron chi connectivity index (χ3n) is 2.40. The van der Waals surface area contributed by atoms with E-state index in [1.165, 1.54) is 12.1 Å². The Balaban J connectivity index is 2.33. The summed E-state index contributed by atoms with van der Waals surface area (Å²) in [5.74, 6) is -0.385. The molecule has 0 spiro atoms. The van der Waals surface area contributed by atoms with Gasteiger partial charge in [0, 0.05) is 11.8 Å². The van der Waals surface area contributed by atoms with Crippen molar-refractivity contribution in [2.75, 3.05) is 4.72 Å². The predicted molar refractivity (Wildman–Crippen MR) is 65.3 cm³/mol. The lowest BCUT2D eigenvalue weighted by molar-refractivity contribution is 0.593. The molecule has 2 N–H and O–H groups in total. The van der Waals surface area contributed by atoms with Gasteiger partial charge in [0.05, 0.1) is 4.90 Å². The Morgan fingerprint density at radius 1 is 1.28 bits per heavy atom. The number of aromatic nitrogens is 2. The molecule has 7 heteroatoms. The number of sulfonamides is 1. The van der Waals surface area contributed by atoms with Crippen LogP contribution in [-0.4, -0.2) is 18.6 Å². The van der Waals surface area contributed by atoms with Crippen molar-refractivity contribution < 1.29 is 12.8 Å². The molecule has 5 nitrogen and oxygen atoms in total. The van der Waals surface area contributed by atoms with Gasteiger partial charge in [-0.2, -0.15) is 5.10 Å². The lowest BCUT2D eigenvalue weighted by atomic mass is 10.2. The number of aromatic amines is 1. The Bertz CT molecular complexity index is 679. The lowest BCUT2D eigenvalue weighted by Crippen LogP contribution is -2.13. The summed E-state index contributed by atoms with van der Waals surface area (Å²) in [6.45, 7) is 3.31. The fourth-order valence-electron chi connectivity index (χ4n) is 1.41. The topological polar surface area (TPSA) is 74.8 Å². The zero-order valence-electron chi connectivity index (χ0n) is 9.86. The van der Waals surface area contributed by atoms with Crippen molar-refractivity contribution in [2.24, 2.45) is 0 Å². The van der Waals surface area contributed by atoms with Crippen LogP contribution in [0.4, 0.5) is 10.2 Å². The van der Waals surface area contributed by atoms with Crippen LogP contribution in [0.15, 0.2) is 29.2 Å². The first-order valence-corrected chi connectivity index (χ1v) is 6.68. The molecule has 0 aliphatic heterocycles. The maximum Gasteiger partial charge on any atom is 0.263 e. The molecule has 0 atom stereocenters. The lowest BCUT2D eigenvalue weighted by Gasteiger charge is -2.06. The Labute approximate surface area is 104 Å². The molecule has 0 aliphatic rings. The second-order valence-corrected chi connectivity index (χ2v) is 5.64. The van der Waals surface area contributed by atoms with Gasteiger partial charge in [-0.1, -0.05) is 6.07 Å². The van der Waals surface area contributed by atoms with Crippen molar-refractivity contribution in [1.82, 2.24) is 10.2 Å². The summed E-state index contributed by atoms with van der Waals surface area (Å²) in [5.41, 5.74) is 1.12. The van der Waals surface area contributed by atoms with Crippen molar-refractivity contribution >= 4 is 15.8 Å². The Morgan fingerprint density at radius 2 is 2.00 bits per heavy atom. The van der Waals surface area contributed by atoms with Crippen LogP contribution in [0, 0.1) is 19.7 Å². The van der Waals surface area contributed by atoms with E-state index >= 15 is 0 Å². The Morgan fingerprint density at radius 3 is 2.56 bits per heavy atom. The minimum Gasteiger partial charge on any atom is -0.281 e. The minimum absolute atomic E-state index is 0.133. The second kappa shape index (κ2) is 4.41. The van der Waals surface area contributed by atoms with Crippen molar-refractivity contribution in [2.45, 2.75) is 18.7 Å². The maximum atomic E-state index is 13.3. The molecule has 2 aromatic rings. The maximum absolute atomic E-state index is 13.3. The van der Waals surface area contributed by atoms with E-state index in [9.17, 15) is 12.8 Å². The highest BCUT2D eigenvalue weighted by molar-refractivity contribution is 7.92. The van der Waals surface area contributed by atoms with E-state index in [-0.39, 0.29) is 10.7 Å². The number of hydrogen-bond donors (Lipinski definition) is 2. The zero-order chi connectivity index (χ0) is 13.3. The molecule has 0 aliphatic carbocycles. The van der Waals surface area contributed by atoms with Crippen LogP contribution >= 0.6 is 0 Å². The van der Waals surface area contributed by atoms with E-state index in [1.807, 2.05) is 0 Å². The number of H-pyrrole nitrogens is 1. The second-order valence-electron chi connectivity index (χ2n) is 3.95. The molecule has 0 radical (unpaired) electrons. The number of rotatable bonds is 3. The van der Waals surface area contributed by atoms with Crippen molar-refractivity contribution in [3.63, 3.8) is 0 Å². The molecule has 1 aromatic carbocycles. The van der Waals surface area contributed by atoms with E-state index in [1.54, 1.807) is 19.9 Å². The molecular weight excluding hydrogens is 257 g/mol. The highest BCUT2D eigenvalue weighted by Crippen LogP contribution is 2.17. The largest absolute Gasteiger partial charge is 0.281 e. The van der Waals surface area contributed by atoms with Crippen LogP contribution in [0.1, 0.15) is 11.3 Å². The summed E-state index contributed by atoms with van der Waals surface area (Å²) >= 11 is 0. The summed E-state index contributed by atoms with van der Waals surface area (Å²) < 4.78 is 39.5.